The van der Waals surface area contributed by atoms with Crippen LogP contribution in [0.3, 0.4) is 0 Å². The number of nitrogens with zero attached hydrogens (tertiary/aromatic N) is 2. The van der Waals surface area contributed by atoms with E-state index in [-0.39, 0.29) is 24.0 Å². The van der Waals surface area contributed by atoms with Crippen molar-refractivity contribution in [2.75, 3.05) is 0 Å². The van der Waals surface area contributed by atoms with E-state index in [1.165, 1.54) is 23.7 Å². The van der Waals surface area contributed by atoms with Gasteiger partial charge in [0.2, 0.25) is 0 Å². The predicted octanol–water partition coefficient (Wildman–Crippen LogP) is 0.916. The molecular weight excluding hydrogens is 254 g/mol. The Kier molecular flexibility index (Phi) is 4.62. The molecule has 0 radical (unpaired) electrons. The van der Waals surface area contributed by atoms with Crippen LogP contribution in [0.1, 0.15) is 30.3 Å². The second-order valence-corrected chi connectivity index (χ2v) is 4.20. The number of nitrogens with one attached hydrogen (secondary N) is 1. The van der Waals surface area contributed by atoms with Crippen LogP contribution in [-0.2, 0) is 11.8 Å². The van der Waals surface area contributed by atoms with Crippen molar-refractivity contribution in [3.63, 3.8) is 0 Å². The summed E-state index contributed by atoms with van der Waals surface area (Å²) in [6.45, 7) is 1.68. The molecule has 19 heavy (non-hydrogen) atoms. The summed E-state index contributed by atoms with van der Waals surface area (Å²) in [6.07, 6.45) is 0.252. The number of carbonyl (C=O) groups is 2. The van der Waals surface area contributed by atoms with Crippen LogP contribution in [0, 0.1) is 10.1 Å². The van der Waals surface area contributed by atoms with Crippen molar-refractivity contribution in [2.24, 2.45) is 7.05 Å². The average Bonchev–Trinajstić information content (AvgIpc) is 2.68. The Morgan fingerprint density at radius 3 is 2.63 bits per heavy atom. The summed E-state index contributed by atoms with van der Waals surface area (Å²) in [5, 5.41) is 21.8. The van der Waals surface area contributed by atoms with E-state index in [1.807, 2.05) is 0 Å². The molecule has 0 aliphatic carbocycles. The van der Waals surface area contributed by atoms with E-state index >= 15 is 0 Å². The van der Waals surface area contributed by atoms with Crippen LogP contribution in [-0.4, -0.2) is 32.5 Å². The molecule has 1 atom stereocenters. The number of carboxylic acid groups (broad SMARTS) is 1. The lowest BCUT2D eigenvalue weighted by atomic mass is 10.2. The van der Waals surface area contributed by atoms with E-state index in [2.05, 4.69) is 5.32 Å². The number of nitro groups is 1. The quantitative estimate of drug-likeness (QED) is 0.588. The van der Waals surface area contributed by atoms with Crippen LogP contribution >= 0.6 is 0 Å². The lowest BCUT2D eigenvalue weighted by Gasteiger charge is -2.11. The minimum atomic E-state index is -0.935. The van der Waals surface area contributed by atoms with Gasteiger partial charge >= 0.3 is 11.8 Å². The summed E-state index contributed by atoms with van der Waals surface area (Å²) in [5.74, 6) is -1.58. The number of hydrogen-bond acceptors (Lipinski definition) is 4. The number of amides is 1. The van der Waals surface area contributed by atoms with Crippen LogP contribution in [0.2, 0.25) is 0 Å². The van der Waals surface area contributed by atoms with Gasteiger partial charge in [-0.2, -0.15) is 0 Å². The minimum absolute atomic E-state index is 0.0469. The largest absolute Gasteiger partial charge is 0.481 e. The molecule has 1 rings (SSSR count). The van der Waals surface area contributed by atoms with Crippen LogP contribution < -0.4 is 5.32 Å². The van der Waals surface area contributed by atoms with Crippen molar-refractivity contribution in [2.45, 2.75) is 25.8 Å². The fourth-order valence-electron chi connectivity index (χ4n) is 1.62. The summed E-state index contributed by atoms with van der Waals surface area (Å²) < 4.78 is 1.18. The maximum atomic E-state index is 11.9. The molecule has 0 saturated heterocycles. The second kappa shape index (κ2) is 5.98. The highest BCUT2D eigenvalue weighted by atomic mass is 16.6. The first kappa shape index (κ1) is 14.7. The molecule has 0 saturated carbocycles. The number of carboxylic acids is 1. The van der Waals surface area contributed by atoms with E-state index in [0.29, 0.717) is 6.42 Å². The van der Waals surface area contributed by atoms with Crippen molar-refractivity contribution in [3.05, 3.63) is 27.9 Å². The van der Waals surface area contributed by atoms with Gasteiger partial charge in [-0.1, -0.05) is 0 Å². The van der Waals surface area contributed by atoms with E-state index < -0.39 is 16.8 Å². The van der Waals surface area contributed by atoms with Gasteiger partial charge in [0.1, 0.15) is 0 Å². The van der Waals surface area contributed by atoms with E-state index in [0.717, 1.165) is 0 Å². The van der Waals surface area contributed by atoms with Gasteiger partial charge in [-0.05, 0) is 24.3 Å². The molecule has 8 heteroatoms. The summed E-state index contributed by atoms with van der Waals surface area (Å²) >= 11 is 0. The molecule has 0 aliphatic heterocycles. The van der Waals surface area contributed by atoms with E-state index in [1.54, 1.807) is 6.92 Å². The molecule has 0 aromatic carbocycles. The molecule has 1 aromatic rings. The summed E-state index contributed by atoms with van der Waals surface area (Å²) in [5.41, 5.74) is 0.161. The third-order valence-electron chi connectivity index (χ3n) is 2.68. The van der Waals surface area contributed by atoms with Crippen LogP contribution in [0.25, 0.3) is 0 Å². The van der Waals surface area contributed by atoms with Gasteiger partial charge in [0.05, 0.1) is 7.05 Å². The summed E-state index contributed by atoms with van der Waals surface area (Å²) in [7, 11) is 1.43. The van der Waals surface area contributed by atoms with E-state index in [9.17, 15) is 19.7 Å². The van der Waals surface area contributed by atoms with Crippen LogP contribution in [0.15, 0.2) is 12.1 Å². The minimum Gasteiger partial charge on any atom is -0.481 e. The fraction of sp³-hybridized carbons (Fsp3) is 0.455. The Balaban J connectivity index is 2.68. The van der Waals surface area contributed by atoms with Gasteiger partial charge in [0.15, 0.2) is 5.69 Å². The Morgan fingerprint density at radius 1 is 1.53 bits per heavy atom. The highest BCUT2D eigenvalue weighted by Crippen LogP contribution is 2.15. The number of aromatic nitrogens is 1. The topological polar surface area (TPSA) is 114 Å². The molecule has 0 bridgehead atoms. The van der Waals surface area contributed by atoms with Gasteiger partial charge in [-0.3, -0.25) is 9.59 Å². The molecule has 1 amide bonds. The normalized spacial score (nSPS) is 11.9. The van der Waals surface area contributed by atoms with Crippen molar-refractivity contribution in [1.82, 2.24) is 9.88 Å². The predicted molar refractivity (Wildman–Crippen MR) is 65.9 cm³/mol. The fourth-order valence-corrected chi connectivity index (χ4v) is 1.62. The van der Waals surface area contributed by atoms with Gasteiger partial charge in [-0.25, -0.2) is 4.57 Å². The maximum Gasteiger partial charge on any atom is 0.323 e. The van der Waals surface area contributed by atoms with Crippen LogP contribution in [0.4, 0.5) is 5.82 Å². The first-order chi connectivity index (χ1) is 8.82. The first-order valence-corrected chi connectivity index (χ1v) is 5.65. The standard InChI is InChI=1S/C11H15N3O5/c1-7(3-6-10(15)16)12-11(17)8-4-5-9(13(8)2)14(18)19/h4-5,7H,3,6H2,1-2H3,(H,12,17)(H,15,16). The zero-order chi connectivity index (χ0) is 14.6. The van der Waals surface area contributed by atoms with Crippen molar-refractivity contribution in [3.8, 4) is 0 Å². The molecule has 0 fully saturated rings. The SMILES string of the molecule is CC(CCC(=O)O)NC(=O)c1ccc([N+](=O)[O-])n1C. The Morgan fingerprint density at radius 2 is 2.16 bits per heavy atom. The molecule has 1 heterocycles. The van der Waals surface area contributed by atoms with Crippen LogP contribution in [0.5, 0.6) is 0 Å². The average molecular weight is 269 g/mol. The lowest BCUT2D eigenvalue weighted by Crippen LogP contribution is -2.34. The van der Waals surface area contributed by atoms with Crippen molar-refractivity contribution >= 4 is 17.7 Å². The molecular formula is C11H15N3O5. The molecule has 0 spiro atoms. The molecule has 8 nitrogen and oxygen atoms in total. The molecule has 1 aromatic heterocycles. The molecule has 1 unspecified atom stereocenters. The van der Waals surface area contributed by atoms with Gasteiger partial charge in [-0.15, -0.1) is 0 Å². The second-order valence-electron chi connectivity index (χ2n) is 4.20. The highest BCUT2D eigenvalue weighted by molar-refractivity contribution is 5.93. The molecule has 0 aliphatic rings. The third-order valence-corrected chi connectivity index (χ3v) is 2.68. The zero-order valence-electron chi connectivity index (χ0n) is 10.6. The number of rotatable bonds is 6. The summed E-state index contributed by atoms with van der Waals surface area (Å²) in [6, 6.07) is 2.28. The first-order valence-electron chi connectivity index (χ1n) is 5.65. The van der Waals surface area contributed by atoms with Gasteiger partial charge < -0.3 is 20.5 Å². The van der Waals surface area contributed by atoms with Gasteiger partial charge in [0, 0.05) is 18.5 Å². The van der Waals surface area contributed by atoms with E-state index in [4.69, 9.17) is 5.11 Å². The Labute approximate surface area is 109 Å². The molecule has 2 N–H and O–H groups in total. The lowest BCUT2D eigenvalue weighted by molar-refractivity contribution is -0.391. The maximum absolute atomic E-state index is 11.9. The van der Waals surface area contributed by atoms with Crippen molar-refractivity contribution < 1.29 is 19.6 Å². The highest BCUT2D eigenvalue weighted by Gasteiger charge is 2.21. The third kappa shape index (κ3) is 3.80. The molecule has 104 valence electrons. The zero-order valence-corrected chi connectivity index (χ0v) is 10.6. The van der Waals surface area contributed by atoms with Crippen molar-refractivity contribution in [1.29, 1.82) is 0 Å². The van der Waals surface area contributed by atoms with Gasteiger partial charge in [0.25, 0.3) is 5.91 Å². The smallest absolute Gasteiger partial charge is 0.323 e. The summed E-state index contributed by atoms with van der Waals surface area (Å²) in [4.78, 5) is 32.3. The monoisotopic (exact) mass is 269 g/mol. The Hall–Kier alpha value is -2.38. The Bertz CT molecular complexity index is 508. The number of aliphatic carboxylic acids is 1. The number of hydrogen-bond donors (Lipinski definition) is 2. The number of carbonyl (C=O) groups excluding carboxylic acids is 1.